The van der Waals surface area contributed by atoms with Crippen LogP contribution in [0.25, 0.3) is 11.0 Å². The summed E-state index contributed by atoms with van der Waals surface area (Å²) in [6, 6.07) is 13.2. The van der Waals surface area contributed by atoms with Crippen LogP contribution in [0.4, 0.5) is 15.3 Å². The Labute approximate surface area is 209 Å². The van der Waals surface area contributed by atoms with Crippen molar-refractivity contribution in [3.05, 3.63) is 59.4 Å². The first-order valence-corrected chi connectivity index (χ1v) is 12.3. The van der Waals surface area contributed by atoms with E-state index in [0.29, 0.717) is 62.1 Å². The molecule has 1 saturated carbocycles. The smallest absolute Gasteiger partial charge is 0.409 e. The number of anilines is 1. The first kappa shape index (κ1) is 23.8. The van der Waals surface area contributed by atoms with Crippen molar-refractivity contribution >= 4 is 34.8 Å². The zero-order valence-corrected chi connectivity index (χ0v) is 20.5. The maximum absolute atomic E-state index is 13.9. The van der Waals surface area contributed by atoms with Gasteiger partial charge in [0, 0.05) is 30.8 Å². The van der Waals surface area contributed by atoms with E-state index in [2.05, 4.69) is 0 Å². The SMILES string of the molecule is COC(=O)N1CCc2ccc3c(nc(C4CCC(C(=O)O)CC4)n3C(=O)N(C)c3ccccc3)c2C1. The van der Waals surface area contributed by atoms with Crippen LogP contribution in [0.15, 0.2) is 42.5 Å². The Morgan fingerprint density at radius 1 is 1.06 bits per heavy atom. The van der Waals surface area contributed by atoms with Crippen molar-refractivity contribution in [2.45, 2.75) is 44.6 Å². The molecule has 0 unspecified atom stereocenters. The first-order chi connectivity index (χ1) is 17.4. The summed E-state index contributed by atoms with van der Waals surface area (Å²) >= 11 is 0. The molecule has 2 heterocycles. The van der Waals surface area contributed by atoms with Gasteiger partial charge in [0.05, 0.1) is 30.6 Å². The van der Waals surface area contributed by atoms with Gasteiger partial charge in [0.25, 0.3) is 0 Å². The van der Waals surface area contributed by atoms with Gasteiger partial charge in [0.15, 0.2) is 0 Å². The molecule has 9 heteroatoms. The predicted octanol–water partition coefficient (Wildman–Crippen LogP) is 4.62. The fraction of sp³-hybridized carbons (Fsp3) is 0.407. The standard InChI is InChI=1S/C27H30N4O5/c1-29(20-6-4-3-5-7-20)26(34)31-22-13-12-17-14-15-30(27(35)36-2)16-21(17)23(22)28-24(31)18-8-10-19(11-9-18)25(32)33/h3-7,12-13,18-19H,8-11,14-16H2,1-2H3,(H,32,33). The van der Waals surface area contributed by atoms with Crippen molar-refractivity contribution in [3.8, 4) is 0 Å². The highest BCUT2D eigenvalue weighted by Crippen LogP contribution is 2.38. The summed E-state index contributed by atoms with van der Waals surface area (Å²) in [7, 11) is 3.11. The molecule has 0 bridgehead atoms. The quantitative estimate of drug-likeness (QED) is 0.574. The number of hydrogen-bond donors (Lipinski definition) is 1. The molecule has 0 atom stereocenters. The third-order valence-corrected chi connectivity index (χ3v) is 7.55. The molecule has 1 aliphatic carbocycles. The summed E-state index contributed by atoms with van der Waals surface area (Å²) < 4.78 is 6.63. The predicted molar refractivity (Wildman–Crippen MR) is 134 cm³/mol. The largest absolute Gasteiger partial charge is 0.481 e. The fourth-order valence-corrected chi connectivity index (χ4v) is 5.47. The Hall–Kier alpha value is -3.88. The van der Waals surface area contributed by atoms with Crippen molar-refractivity contribution in [1.82, 2.24) is 14.5 Å². The van der Waals surface area contributed by atoms with Gasteiger partial charge in [-0.2, -0.15) is 0 Å². The number of carboxylic acids is 1. The zero-order chi connectivity index (χ0) is 25.4. The van der Waals surface area contributed by atoms with E-state index in [0.717, 1.165) is 16.8 Å². The van der Waals surface area contributed by atoms with E-state index in [9.17, 15) is 19.5 Å². The molecule has 0 spiro atoms. The number of ether oxygens (including phenoxy) is 1. The number of aliphatic carboxylic acids is 1. The summed E-state index contributed by atoms with van der Waals surface area (Å²) in [4.78, 5) is 45.9. The summed E-state index contributed by atoms with van der Waals surface area (Å²) in [5.41, 5.74) is 4.21. The van der Waals surface area contributed by atoms with E-state index in [1.54, 1.807) is 21.4 Å². The van der Waals surface area contributed by atoms with Gasteiger partial charge in [-0.3, -0.25) is 9.69 Å². The number of imidazole rings is 1. The molecular formula is C27H30N4O5. The number of amides is 2. The van der Waals surface area contributed by atoms with Gasteiger partial charge in [-0.15, -0.1) is 0 Å². The zero-order valence-electron chi connectivity index (χ0n) is 20.5. The maximum Gasteiger partial charge on any atom is 0.409 e. The minimum absolute atomic E-state index is 0.0305. The van der Waals surface area contributed by atoms with E-state index in [-0.39, 0.29) is 24.0 Å². The van der Waals surface area contributed by atoms with E-state index in [1.165, 1.54) is 7.11 Å². The number of carbonyl (C=O) groups is 3. The lowest BCUT2D eigenvalue weighted by Gasteiger charge is -2.27. The van der Waals surface area contributed by atoms with E-state index in [4.69, 9.17) is 9.72 Å². The number of hydrogen-bond acceptors (Lipinski definition) is 5. The molecule has 1 N–H and O–H groups in total. The molecule has 1 aliphatic heterocycles. The number of carbonyl (C=O) groups excluding carboxylic acids is 2. The number of methoxy groups -OCH3 is 1. The van der Waals surface area contributed by atoms with Gasteiger partial charge < -0.3 is 14.7 Å². The Morgan fingerprint density at radius 3 is 2.44 bits per heavy atom. The number of benzene rings is 2. The van der Waals surface area contributed by atoms with Crippen molar-refractivity contribution in [2.75, 3.05) is 25.6 Å². The van der Waals surface area contributed by atoms with Crippen LogP contribution in [-0.2, 0) is 22.5 Å². The molecular weight excluding hydrogens is 460 g/mol. The van der Waals surface area contributed by atoms with Gasteiger partial charge in [0.1, 0.15) is 5.82 Å². The summed E-state index contributed by atoms with van der Waals surface area (Å²) in [6.45, 7) is 0.928. The molecule has 0 radical (unpaired) electrons. The highest BCUT2D eigenvalue weighted by atomic mass is 16.5. The molecule has 2 aromatic carbocycles. The molecule has 9 nitrogen and oxygen atoms in total. The topological polar surface area (TPSA) is 105 Å². The lowest BCUT2D eigenvalue weighted by molar-refractivity contribution is -0.142. The Morgan fingerprint density at radius 2 is 1.78 bits per heavy atom. The fourth-order valence-electron chi connectivity index (χ4n) is 5.47. The summed E-state index contributed by atoms with van der Waals surface area (Å²) in [6.07, 6.45) is 2.71. The molecule has 188 valence electrons. The molecule has 1 fully saturated rings. The average molecular weight is 491 g/mol. The van der Waals surface area contributed by atoms with Crippen molar-refractivity contribution in [2.24, 2.45) is 5.92 Å². The number of fused-ring (bicyclic) bond motifs is 3. The molecule has 2 aliphatic rings. The summed E-state index contributed by atoms with van der Waals surface area (Å²) in [5.74, 6) is -0.496. The first-order valence-electron chi connectivity index (χ1n) is 12.3. The van der Waals surface area contributed by atoms with Crippen LogP contribution in [0, 0.1) is 5.92 Å². The summed E-state index contributed by atoms with van der Waals surface area (Å²) in [5, 5.41) is 9.45. The van der Waals surface area contributed by atoms with E-state index < -0.39 is 5.97 Å². The van der Waals surface area contributed by atoms with Crippen LogP contribution < -0.4 is 4.90 Å². The minimum Gasteiger partial charge on any atom is -0.481 e. The average Bonchev–Trinajstić information content (AvgIpc) is 3.32. The van der Waals surface area contributed by atoms with Crippen LogP contribution in [-0.4, -0.2) is 58.4 Å². The lowest BCUT2D eigenvalue weighted by atomic mass is 9.81. The van der Waals surface area contributed by atoms with Gasteiger partial charge in [-0.05, 0) is 55.9 Å². The van der Waals surface area contributed by atoms with Crippen LogP contribution in [0.3, 0.4) is 0 Å². The van der Waals surface area contributed by atoms with E-state index >= 15 is 0 Å². The maximum atomic E-state index is 13.9. The molecule has 2 amide bonds. The van der Waals surface area contributed by atoms with Crippen LogP contribution in [0.2, 0.25) is 0 Å². The second-order valence-corrected chi connectivity index (χ2v) is 9.58. The molecule has 5 rings (SSSR count). The minimum atomic E-state index is -0.765. The van der Waals surface area contributed by atoms with Gasteiger partial charge in [-0.1, -0.05) is 24.3 Å². The van der Waals surface area contributed by atoms with Crippen molar-refractivity contribution in [3.63, 3.8) is 0 Å². The molecule has 3 aromatic rings. The molecule has 0 saturated heterocycles. The monoisotopic (exact) mass is 490 g/mol. The van der Waals surface area contributed by atoms with Gasteiger partial charge >= 0.3 is 18.1 Å². The van der Waals surface area contributed by atoms with Crippen molar-refractivity contribution < 1.29 is 24.2 Å². The molecule has 36 heavy (non-hydrogen) atoms. The number of carboxylic acid groups (broad SMARTS) is 1. The van der Waals surface area contributed by atoms with Crippen molar-refractivity contribution in [1.29, 1.82) is 0 Å². The third-order valence-electron chi connectivity index (χ3n) is 7.55. The number of nitrogens with zero attached hydrogens (tertiary/aromatic N) is 4. The van der Waals surface area contributed by atoms with Gasteiger partial charge in [-0.25, -0.2) is 19.1 Å². The third kappa shape index (κ3) is 4.19. The lowest BCUT2D eigenvalue weighted by Crippen LogP contribution is -2.36. The second-order valence-electron chi connectivity index (χ2n) is 9.58. The highest BCUT2D eigenvalue weighted by molar-refractivity contribution is 6.00. The number of para-hydroxylation sites is 1. The Balaban J connectivity index is 1.60. The molecule has 1 aromatic heterocycles. The van der Waals surface area contributed by atoms with Crippen LogP contribution >= 0.6 is 0 Å². The Bertz CT molecular complexity index is 1310. The number of rotatable bonds is 3. The van der Waals surface area contributed by atoms with Crippen LogP contribution in [0.1, 0.15) is 48.6 Å². The normalized spacial score (nSPS) is 19.6. The van der Waals surface area contributed by atoms with Gasteiger partial charge in [0.2, 0.25) is 0 Å². The highest BCUT2D eigenvalue weighted by Gasteiger charge is 2.33. The Kier molecular flexibility index (Phi) is 6.38. The number of aromatic nitrogens is 2. The van der Waals surface area contributed by atoms with E-state index in [1.807, 2.05) is 42.5 Å². The van der Waals surface area contributed by atoms with Crippen LogP contribution in [0.5, 0.6) is 0 Å². The second kappa shape index (κ2) is 9.64.